The van der Waals surface area contributed by atoms with Crippen LogP contribution in [0.5, 0.6) is 11.6 Å². The van der Waals surface area contributed by atoms with Crippen LogP contribution in [-0.4, -0.2) is 62.2 Å². The number of ether oxygens (including phenoxy) is 2. The molecule has 2 aromatic carbocycles. The first kappa shape index (κ1) is 33.7. The number of amides is 2. The van der Waals surface area contributed by atoms with Crippen molar-refractivity contribution in [1.82, 2.24) is 31.2 Å². The van der Waals surface area contributed by atoms with Gasteiger partial charge in [-0.05, 0) is 30.0 Å². The number of nitrogens with one attached hydrogen (secondary N) is 4. The Labute approximate surface area is 289 Å². The lowest BCUT2D eigenvalue weighted by atomic mass is 9.99. The van der Waals surface area contributed by atoms with E-state index in [1.165, 1.54) is 0 Å². The minimum atomic E-state index is 0.0980. The minimum absolute atomic E-state index is 0.0980. The Morgan fingerprint density at radius 3 is 2.08 bits per heavy atom. The van der Waals surface area contributed by atoms with E-state index in [0.717, 1.165) is 46.5 Å². The van der Waals surface area contributed by atoms with Gasteiger partial charge in [-0.3, -0.25) is 14.6 Å². The molecule has 12 heteroatoms. The fourth-order valence-corrected chi connectivity index (χ4v) is 6.85. The number of benzene rings is 2. The standard InChI is InChI=1S/C36H38Cl2N6O4/c1-47-30-14-23(6-7-24(30)19-39-15-21-12-31(45)42-17-21)35-34(38)27(10-11-41-35)26-4-3-5-28(33(26)37)29-9-8-25(36(44-29)48-2)20-40-16-22-13-32(46)43-18-22/h3-11,14,21-22,39-40H,12-13,15-20H2,1-2H3,(H,42,45)(H,43,46). The van der Waals surface area contributed by atoms with Gasteiger partial charge in [0.05, 0.1) is 35.7 Å². The third-order valence-corrected chi connectivity index (χ3v) is 9.56. The van der Waals surface area contributed by atoms with Crippen LogP contribution in [0.4, 0.5) is 0 Å². The fraction of sp³-hybridized carbons (Fsp3) is 0.333. The van der Waals surface area contributed by atoms with E-state index in [4.69, 9.17) is 37.7 Å². The Bertz CT molecular complexity index is 1690. The van der Waals surface area contributed by atoms with Gasteiger partial charge in [0, 0.05) is 91.7 Å². The fourth-order valence-electron chi connectivity index (χ4n) is 6.20. The van der Waals surface area contributed by atoms with E-state index in [2.05, 4.69) is 26.3 Å². The number of pyridine rings is 2. The zero-order valence-electron chi connectivity index (χ0n) is 26.9. The van der Waals surface area contributed by atoms with E-state index in [-0.39, 0.29) is 23.7 Å². The van der Waals surface area contributed by atoms with E-state index < -0.39 is 0 Å². The summed E-state index contributed by atoms with van der Waals surface area (Å²) in [6, 6.07) is 17.5. The van der Waals surface area contributed by atoms with Crippen LogP contribution in [0.1, 0.15) is 24.0 Å². The van der Waals surface area contributed by atoms with Crippen LogP contribution in [-0.2, 0) is 22.7 Å². The van der Waals surface area contributed by atoms with Gasteiger partial charge in [0.2, 0.25) is 17.7 Å². The van der Waals surface area contributed by atoms with Crippen molar-refractivity contribution in [2.45, 2.75) is 25.9 Å². The molecule has 48 heavy (non-hydrogen) atoms. The average Bonchev–Trinajstić information content (AvgIpc) is 3.72. The SMILES string of the molecule is COc1cc(-c2nccc(-c3cccc(-c4ccc(CNCC5CNC(=O)C5)c(OC)n4)c3Cl)c2Cl)ccc1CNCC1CNC(=O)C1. The highest BCUT2D eigenvalue weighted by Gasteiger charge is 2.23. The molecule has 0 bridgehead atoms. The maximum Gasteiger partial charge on any atom is 0.220 e. The number of halogens is 2. The van der Waals surface area contributed by atoms with Gasteiger partial charge >= 0.3 is 0 Å². The maximum atomic E-state index is 11.5. The molecule has 2 aliphatic heterocycles. The molecule has 250 valence electrons. The zero-order valence-corrected chi connectivity index (χ0v) is 28.4. The van der Waals surface area contributed by atoms with E-state index >= 15 is 0 Å². The smallest absolute Gasteiger partial charge is 0.220 e. The minimum Gasteiger partial charge on any atom is -0.496 e. The topological polar surface area (TPSA) is 126 Å². The number of hydrogen-bond donors (Lipinski definition) is 4. The highest BCUT2D eigenvalue weighted by molar-refractivity contribution is 6.39. The second-order valence-electron chi connectivity index (χ2n) is 12.1. The van der Waals surface area contributed by atoms with Gasteiger partial charge in [0.1, 0.15) is 5.75 Å². The second-order valence-corrected chi connectivity index (χ2v) is 12.8. The van der Waals surface area contributed by atoms with Gasteiger partial charge < -0.3 is 30.7 Å². The van der Waals surface area contributed by atoms with Gasteiger partial charge in [0.15, 0.2) is 0 Å². The van der Waals surface area contributed by atoms with Crippen LogP contribution < -0.4 is 30.7 Å². The van der Waals surface area contributed by atoms with Crippen LogP contribution in [0.25, 0.3) is 33.6 Å². The average molecular weight is 690 g/mol. The summed E-state index contributed by atoms with van der Waals surface area (Å²) in [6.45, 7) is 4.03. The molecule has 2 atom stereocenters. The number of rotatable bonds is 13. The monoisotopic (exact) mass is 688 g/mol. The van der Waals surface area contributed by atoms with E-state index in [0.29, 0.717) is 72.1 Å². The van der Waals surface area contributed by atoms with E-state index in [1.54, 1.807) is 20.4 Å². The van der Waals surface area contributed by atoms with Crippen LogP contribution in [0, 0.1) is 11.8 Å². The van der Waals surface area contributed by atoms with Gasteiger partial charge in [-0.25, -0.2) is 4.98 Å². The molecule has 4 heterocycles. The summed E-state index contributed by atoms with van der Waals surface area (Å²) in [6.07, 6.45) is 2.82. The lowest BCUT2D eigenvalue weighted by molar-refractivity contribution is -0.120. The number of methoxy groups -OCH3 is 2. The van der Waals surface area contributed by atoms with Gasteiger partial charge in [-0.2, -0.15) is 0 Å². The molecule has 2 fully saturated rings. The van der Waals surface area contributed by atoms with Crippen LogP contribution >= 0.6 is 23.2 Å². The molecule has 0 aliphatic carbocycles. The first-order valence-electron chi connectivity index (χ1n) is 15.9. The summed E-state index contributed by atoms with van der Waals surface area (Å²) >= 11 is 14.1. The Hall–Kier alpha value is -4.22. The molecule has 0 saturated carbocycles. The maximum absolute atomic E-state index is 11.5. The number of nitrogens with zero attached hydrogens (tertiary/aromatic N) is 2. The van der Waals surface area contributed by atoms with Crippen molar-refractivity contribution in [1.29, 1.82) is 0 Å². The van der Waals surface area contributed by atoms with Crippen molar-refractivity contribution >= 4 is 35.0 Å². The quantitative estimate of drug-likeness (QED) is 0.150. The molecule has 6 rings (SSSR count). The normalized spacial score (nSPS) is 17.3. The third kappa shape index (κ3) is 7.57. The van der Waals surface area contributed by atoms with E-state index in [9.17, 15) is 9.59 Å². The molecule has 2 aliphatic rings. The number of carbonyl (C=O) groups excluding carboxylic acids is 2. The summed E-state index contributed by atoms with van der Waals surface area (Å²) in [5, 5.41) is 13.6. The molecular weight excluding hydrogens is 651 g/mol. The molecular formula is C36H38Cl2N6O4. The third-order valence-electron chi connectivity index (χ3n) is 8.77. The molecule has 2 aromatic heterocycles. The van der Waals surface area contributed by atoms with Gasteiger partial charge in [-0.15, -0.1) is 0 Å². The number of carbonyl (C=O) groups is 2. The van der Waals surface area contributed by atoms with E-state index in [1.807, 2.05) is 54.6 Å². The first-order chi connectivity index (χ1) is 23.3. The second kappa shape index (κ2) is 15.3. The summed E-state index contributed by atoms with van der Waals surface area (Å²) in [5.41, 5.74) is 6.23. The summed E-state index contributed by atoms with van der Waals surface area (Å²) in [7, 11) is 3.24. The molecule has 2 amide bonds. The Kier molecular flexibility index (Phi) is 10.8. The molecule has 2 unspecified atom stereocenters. The molecule has 0 radical (unpaired) electrons. The Morgan fingerprint density at radius 2 is 1.44 bits per heavy atom. The predicted octanol–water partition coefficient (Wildman–Crippen LogP) is 5.25. The Morgan fingerprint density at radius 1 is 0.792 bits per heavy atom. The summed E-state index contributed by atoms with van der Waals surface area (Å²) < 4.78 is 11.4. The number of hydrogen-bond acceptors (Lipinski definition) is 8. The number of aromatic nitrogens is 2. The lowest BCUT2D eigenvalue weighted by Gasteiger charge is -2.16. The molecule has 2 saturated heterocycles. The lowest BCUT2D eigenvalue weighted by Crippen LogP contribution is -2.24. The summed E-state index contributed by atoms with van der Waals surface area (Å²) in [4.78, 5) is 32.4. The van der Waals surface area contributed by atoms with Gasteiger partial charge in [-0.1, -0.05) is 59.6 Å². The van der Waals surface area contributed by atoms with Crippen molar-refractivity contribution in [2.24, 2.45) is 11.8 Å². The van der Waals surface area contributed by atoms with Crippen molar-refractivity contribution in [2.75, 3.05) is 40.4 Å². The Balaban J connectivity index is 1.20. The van der Waals surface area contributed by atoms with Gasteiger partial charge in [0.25, 0.3) is 0 Å². The highest BCUT2D eigenvalue weighted by Crippen LogP contribution is 2.42. The first-order valence-corrected chi connectivity index (χ1v) is 16.7. The van der Waals surface area contributed by atoms with Crippen molar-refractivity contribution < 1.29 is 19.1 Å². The van der Waals surface area contributed by atoms with Crippen LogP contribution in [0.15, 0.2) is 60.8 Å². The molecule has 4 aromatic rings. The molecule has 0 spiro atoms. The summed E-state index contributed by atoms with van der Waals surface area (Å²) in [5.74, 6) is 1.99. The zero-order chi connectivity index (χ0) is 33.6. The predicted molar refractivity (Wildman–Crippen MR) is 187 cm³/mol. The largest absolute Gasteiger partial charge is 0.496 e. The molecule has 4 N–H and O–H groups in total. The molecule has 10 nitrogen and oxygen atoms in total. The highest BCUT2D eigenvalue weighted by atomic mass is 35.5. The van der Waals surface area contributed by atoms with Crippen molar-refractivity contribution in [3.8, 4) is 45.3 Å². The van der Waals surface area contributed by atoms with Crippen LogP contribution in [0.2, 0.25) is 10.0 Å². The van der Waals surface area contributed by atoms with Crippen molar-refractivity contribution in [3.05, 3.63) is 82.0 Å². The van der Waals surface area contributed by atoms with Crippen molar-refractivity contribution in [3.63, 3.8) is 0 Å². The van der Waals surface area contributed by atoms with Crippen LogP contribution in [0.3, 0.4) is 0 Å².